The Morgan fingerprint density at radius 1 is 1.11 bits per heavy atom. The van der Waals surface area contributed by atoms with Crippen molar-refractivity contribution in [1.82, 2.24) is 10.2 Å². The molecule has 0 unspecified atom stereocenters. The molecule has 1 saturated heterocycles. The molecule has 1 fully saturated rings. The van der Waals surface area contributed by atoms with E-state index in [-0.39, 0.29) is 36.4 Å². The number of carbonyl (C=O) groups excluding carboxylic acids is 2. The summed E-state index contributed by atoms with van der Waals surface area (Å²) in [6.07, 6.45) is 0.0414. The number of amidine groups is 1. The van der Waals surface area contributed by atoms with Gasteiger partial charge in [0.1, 0.15) is 16.9 Å². The molecule has 1 aliphatic rings. The number of thioether (sulfide) groups is 1. The van der Waals surface area contributed by atoms with Crippen LogP contribution in [-0.2, 0) is 16.1 Å². The molecule has 0 aromatic heterocycles. The molecule has 0 saturated carbocycles. The molecular formula is C20H19F2N3O2S. The van der Waals surface area contributed by atoms with Gasteiger partial charge in [-0.25, -0.2) is 13.8 Å². The molecule has 28 heavy (non-hydrogen) atoms. The predicted molar refractivity (Wildman–Crippen MR) is 105 cm³/mol. The third-order valence-corrected chi connectivity index (χ3v) is 5.25. The molecule has 3 rings (SSSR count). The van der Waals surface area contributed by atoms with E-state index in [1.54, 1.807) is 12.1 Å². The van der Waals surface area contributed by atoms with Gasteiger partial charge in [-0.05, 0) is 48.9 Å². The van der Waals surface area contributed by atoms with E-state index in [1.807, 2.05) is 6.92 Å². The molecule has 2 aromatic rings. The summed E-state index contributed by atoms with van der Waals surface area (Å²) in [5.74, 6) is -1.18. The first-order valence-electron chi connectivity index (χ1n) is 8.79. The van der Waals surface area contributed by atoms with E-state index in [0.717, 1.165) is 5.56 Å². The highest BCUT2D eigenvalue weighted by molar-refractivity contribution is 8.15. The summed E-state index contributed by atoms with van der Waals surface area (Å²) in [5, 5.41) is 2.52. The maximum atomic E-state index is 13.2. The van der Waals surface area contributed by atoms with Crippen LogP contribution >= 0.6 is 11.8 Å². The molecule has 0 spiro atoms. The fourth-order valence-corrected chi connectivity index (χ4v) is 3.86. The minimum Gasteiger partial charge on any atom is -0.356 e. The highest BCUT2D eigenvalue weighted by Crippen LogP contribution is 2.32. The number of halogens is 2. The monoisotopic (exact) mass is 403 g/mol. The summed E-state index contributed by atoms with van der Waals surface area (Å²) in [7, 11) is 0. The van der Waals surface area contributed by atoms with Crippen LogP contribution in [0.1, 0.15) is 18.9 Å². The number of nitrogens with one attached hydrogen (secondary N) is 1. The molecule has 2 amide bonds. The van der Waals surface area contributed by atoms with Crippen LogP contribution in [0, 0.1) is 11.6 Å². The minimum atomic E-state index is -0.591. The van der Waals surface area contributed by atoms with Crippen LogP contribution in [0.5, 0.6) is 0 Å². The van der Waals surface area contributed by atoms with Crippen molar-refractivity contribution in [2.45, 2.75) is 25.1 Å². The Balaban J connectivity index is 1.86. The van der Waals surface area contributed by atoms with Gasteiger partial charge in [-0.3, -0.25) is 14.5 Å². The number of benzene rings is 2. The molecule has 0 bridgehead atoms. The van der Waals surface area contributed by atoms with Gasteiger partial charge in [0.2, 0.25) is 11.8 Å². The van der Waals surface area contributed by atoms with E-state index in [9.17, 15) is 18.4 Å². The molecule has 146 valence electrons. The zero-order valence-electron chi connectivity index (χ0n) is 15.2. The van der Waals surface area contributed by atoms with E-state index >= 15 is 0 Å². The van der Waals surface area contributed by atoms with Crippen LogP contribution in [-0.4, -0.2) is 33.7 Å². The average Bonchev–Trinajstić information content (AvgIpc) is 2.94. The summed E-state index contributed by atoms with van der Waals surface area (Å²) in [6, 6.07) is 11.5. The number of nitrogens with zero attached hydrogens (tertiary/aromatic N) is 2. The zero-order chi connectivity index (χ0) is 20.1. The van der Waals surface area contributed by atoms with E-state index in [0.29, 0.717) is 17.4 Å². The lowest BCUT2D eigenvalue weighted by atomic mass is 10.2. The van der Waals surface area contributed by atoms with E-state index in [2.05, 4.69) is 10.3 Å². The van der Waals surface area contributed by atoms with Crippen LogP contribution in [0.3, 0.4) is 0 Å². The molecule has 5 nitrogen and oxygen atoms in total. The lowest BCUT2D eigenvalue weighted by molar-refractivity contribution is -0.129. The first-order chi connectivity index (χ1) is 13.5. The number of hydrogen-bond acceptors (Lipinski definition) is 4. The third-order valence-electron chi connectivity index (χ3n) is 4.07. The van der Waals surface area contributed by atoms with Crippen LogP contribution in [0.2, 0.25) is 0 Å². The minimum absolute atomic E-state index is 0.0414. The van der Waals surface area contributed by atoms with Crippen molar-refractivity contribution < 1.29 is 18.4 Å². The van der Waals surface area contributed by atoms with Crippen LogP contribution < -0.4 is 5.32 Å². The normalized spacial score (nSPS) is 18.0. The standard InChI is InChI=1S/C20H19F2N3O2S/c1-2-23-18(26)11-17-19(27)25(12-13-3-5-14(21)6-4-13)20(28-17)24-16-9-7-15(22)8-10-16/h3-10,17H,2,11-12H2,1H3,(H,23,26)/t17-/m0/s1. The smallest absolute Gasteiger partial charge is 0.242 e. The van der Waals surface area contributed by atoms with Crippen molar-refractivity contribution in [1.29, 1.82) is 0 Å². The summed E-state index contributed by atoms with van der Waals surface area (Å²) in [4.78, 5) is 30.8. The van der Waals surface area contributed by atoms with Crippen molar-refractivity contribution >= 4 is 34.4 Å². The molecule has 1 aliphatic heterocycles. The molecule has 0 aliphatic carbocycles. The second-order valence-corrected chi connectivity index (χ2v) is 7.36. The molecule has 1 heterocycles. The van der Waals surface area contributed by atoms with Crippen molar-refractivity contribution in [3.05, 3.63) is 65.7 Å². The first-order valence-corrected chi connectivity index (χ1v) is 9.67. The summed E-state index contributed by atoms with van der Waals surface area (Å²) < 4.78 is 26.3. The third kappa shape index (κ3) is 4.95. The maximum absolute atomic E-state index is 13.2. The highest BCUT2D eigenvalue weighted by Gasteiger charge is 2.39. The second kappa shape index (κ2) is 8.97. The Labute approximate surface area is 165 Å². The van der Waals surface area contributed by atoms with Gasteiger partial charge in [0.15, 0.2) is 5.17 Å². The zero-order valence-corrected chi connectivity index (χ0v) is 16.0. The molecule has 1 atom stereocenters. The number of amides is 2. The van der Waals surface area contributed by atoms with Gasteiger partial charge >= 0.3 is 0 Å². The van der Waals surface area contributed by atoms with Crippen molar-refractivity contribution in [3.8, 4) is 0 Å². The number of hydrogen-bond donors (Lipinski definition) is 1. The van der Waals surface area contributed by atoms with Gasteiger partial charge < -0.3 is 5.32 Å². The van der Waals surface area contributed by atoms with Gasteiger partial charge in [-0.15, -0.1) is 0 Å². The lowest BCUT2D eigenvalue weighted by Gasteiger charge is -2.16. The summed E-state index contributed by atoms with van der Waals surface area (Å²) in [6.45, 7) is 2.50. The van der Waals surface area contributed by atoms with Gasteiger partial charge in [0.05, 0.1) is 12.2 Å². The summed E-state index contributed by atoms with van der Waals surface area (Å²) in [5.41, 5.74) is 1.24. The average molecular weight is 403 g/mol. The molecule has 2 aromatic carbocycles. The Kier molecular flexibility index (Phi) is 6.41. The molecule has 8 heteroatoms. The summed E-state index contributed by atoms with van der Waals surface area (Å²) >= 11 is 1.20. The number of aliphatic imine (C=N–C) groups is 1. The Morgan fingerprint density at radius 2 is 1.71 bits per heavy atom. The van der Waals surface area contributed by atoms with Crippen LogP contribution in [0.4, 0.5) is 14.5 Å². The Morgan fingerprint density at radius 3 is 2.32 bits per heavy atom. The Bertz CT molecular complexity index is 885. The van der Waals surface area contributed by atoms with E-state index < -0.39 is 5.25 Å². The highest BCUT2D eigenvalue weighted by atomic mass is 32.2. The largest absolute Gasteiger partial charge is 0.356 e. The van der Waals surface area contributed by atoms with Crippen LogP contribution in [0.25, 0.3) is 0 Å². The Hall–Kier alpha value is -2.74. The fourth-order valence-electron chi connectivity index (χ4n) is 2.71. The first kappa shape index (κ1) is 20.0. The quantitative estimate of drug-likeness (QED) is 0.801. The van der Waals surface area contributed by atoms with E-state index in [4.69, 9.17) is 0 Å². The van der Waals surface area contributed by atoms with Crippen molar-refractivity contribution in [2.75, 3.05) is 6.54 Å². The number of rotatable bonds is 6. The predicted octanol–water partition coefficient (Wildman–Crippen LogP) is 3.62. The molecular weight excluding hydrogens is 384 g/mol. The molecule has 1 N–H and O–H groups in total. The van der Waals surface area contributed by atoms with Gasteiger partial charge in [-0.2, -0.15) is 0 Å². The fraction of sp³-hybridized carbons (Fsp3) is 0.250. The topological polar surface area (TPSA) is 61.8 Å². The second-order valence-electron chi connectivity index (χ2n) is 6.19. The SMILES string of the molecule is CCNC(=O)C[C@@H]1SC(=Nc2ccc(F)cc2)N(Cc2ccc(F)cc2)C1=O. The molecule has 0 radical (unpaired) electrons. The van der Waals surface area contributed by atoms with Crippen LogP contribution in [0.15, 0.2) is 53.5 Å². The maximum Gasteiger partial charge on any atom is 0.242 e. The van der Waals surface area contributed by atoms with Gasteiger partial charge in [-0.1, -0.05) is 23.9 Å². The van der Waals surface area contributed by atoms with Crippen molar-refractivity contribution in [2.24, 2.45) is 4.99 Å². The van der Waals surface area contributed by atoms with Crippen molar-refractivity contribution in [3.63, 3.8) is 0 Å². The van der Waals surface area contributed by atoms with Gasteiger partial charge in [0, 0.05) is 13.0 Å². The number of carbonyl (C=O) groups is 2. The van der Waals surface area contributed by atoms with Gasteiger partial charge in [0.25, 0.3) is 0 Å². The lowest BCUT2D eigenvalue weighted by Crippen LogP contribution is -2.34. The van der Waals surface area contributed by atoms with E-state index in [1.165, 1.54) is 53.1 Å².